The lowest BCUT2D eigenvalue weighted by atomic mass is 9.74. The van der Waals surface area contributed by atoms with Gasteiger partial charge >= 0.3 is 0 Å². The summed E-state index contributed by atoms with van der Waals surface area (Å²) in [5.74, 6) is -0.265. The first-order valence-electron chi connectivity index (χ1n) is 13.4. The maximum atomic E-state index is 13.7. The van der Waals surface area contributed by atoms with Crippen molar-refractivity contribution in [1.82, 2.24) is 9.21 Å². The lowest BCUT2D eigenvalue weighted by Crippen LogP contribution is -2.68. The molecule has 38 heavy (non-hydrogen) atoms. The Labute approximate surface area is 226 Å². The molecule has 0 spiro atoms. The van der Waals surface area contributed by atoms with Crippen LogP contribution in [0.3, 0.4) is 0 Å². The number of methoxy groups -OCH3 is 1. The third kappa shape index (κ3) is 4.93. The summed E-state index contributed by atoms with van der Waals surface area (Å²) in [5.41, 5.74) is 6.62. The van der Waals surface area contributed by atoms with Crippen LogP contribution in [0, 0.1) is 26.6 Å². The van der Waals surface area contributed by atoms with Gasteiger partial charge in [-0.15, -0.1) is 0 Å². The van der Waals surface area contributed by atoms with Crippen molar-refractivity contribution in [2.24, 2.45) is 0 Å². The van der Waals surface area contributed by atoms with Gasteiger partial charge in [0.2, 0.25) is 10.0 Å². The molecule has 5 nitrogen and oxygen atoms in total. The molecule has 202 valence electrons. The molecule has 7 heteroatoms. The van der Waals surface area contributed by atoms with E-state index in [0.717, 1.165) is 19.4 Å². The van der Waals surface area contributed by atoms with Crippen molar-refractivity contribution in [2.45, 2.75) is 56.5 Å². The Morgan fingerprint density at radius 2 is 1.68 bits per heavy atom. The fourth-order valence-electron chi connectivity index (χ4n) is 6.27. The standard InChI is InChI=1S/C31H37FN2O3S/c1-21-8-7-9-27(23(21)3)24-10-12-25(13-11-24)31-28-19-33(16-5-6-17-34(28)29(31)20-37-4)38(35,36)30-15-14-26(32)18-22(30)2/h7-15,18,28-29,31H,5-6,16-17,19-20H2,1-4H3/t28-,29?,31-/m0/s1. The molecule has 3 atom stereocenters. The molecule has 1 unspecified atom stereocenters. The van der Waals surface area contributed by atoms with Crippen LogP contribution in [0.4, 0.5) is 4.39 Å². The number of hydrogen-bond acceptors (Lipinski definition) is 4. The number of aryl methyl sites for hydroxylation is 2. The lowest BCUT2D eigenvalue weighted by Gasteiger charge is -2.57. The van der Waals surface area contributed by atoms with E-state index in [-0.39, 0.29) is 22.9 Å². The minimum absolute atomic E-state index is 0.0533. The zero-order valence-corrected chi connectivity index (χ0v) is 23.5. The van der Waals surface area contributed by atoms with Crippen LogP contribution in [0.15, 0.2) is 65.6 Å². The van der Waals surface area contributed by atoms with E-state index in [9.17, 15) is 12.8 Å². The molecule has 0 amide bonds. The summed E-state index contributed by atoms with van der Waals surface area (Å²) in [5, 5.41) is 0. The van der Waals surface area contributed by atoms with Crippen molar-refractivity contribution < 1.29 is 17.5 Å². The molecule has 5 rings (SSSR count). The quantitative estimate of drug-likeness (QED) is 0.407. The van der Waals surface area contributed by atoms with Gasteiger partial charge in [0.05, 0.1) is 11.5 Å². The van der Waals surface area contributed by atoms with Crippen molar-refractivity contribution in [3.8, 4) is 11.1 Å². The van der Waals surface area contributed by atoms with Crippen molar-refractivity contribution >= 4 is 10.0 Å². The molecule has 0 N–H and O–H groups in total. The van der Waals surface area contributed by atoms with Gasteiger partial charge in [0, 0.05) is 38.2 Å². The van der Waals surface area contributed by atoms with E-state index in [1.807, 2.05) is 0 Å². The Morgan fingerprint density at radius 3 is 2.39 bits per heavy atom. The van der Waals surface area contributed by atoms with Gasteiger partial charge in [0.25, 0.3) is 0 Å². The van der Waals surface area contributed by atoms with E-state index in [2.05, 4.69) is 61.2 Å². The predicted molar refractivity (Wildman–Crippen MR) is 149 cm³/mol. The monoisotopic (exact) mass is 536 g/mol. The lowest BCUT2D eigenvalue weighted by molar-refractivity contribution is -0.0635. The van der Waals surface area contributed by atoms with Crippen LogP contribution in [-0.2, 0) is 14.8 Å². The van der Waals surface area contributed by atoms with Gasteiger partial charge in [0.15, 0.2) is 0 Å². The van der Waals surface area contributed by atoms with Crippen LogP contribution in [0.5, 0.6) is 0 Å². The normalized spacial score (nSPS) is 22.8. The molecule has 0 aliphatic carbocycles. The molecule has 2 aliphatic rings. The summed E-state index contributed by atoms with van der Waals surface area (Å²) in [6, 6.07) is 19.3. The second-order valence-electron chi connectivity index (χ2n) is 10.7. The Bertz CT molecular complexity index is 1410. The summed E-state index contributed by atoms with van der Waals surface area (Å²) in [7, 11) is -2.02. The zero-order valence-electron chi connectivity index (χ0n) is 22.7. The SMILES string of the molecule is COCC1[C@@H](c2ccc(-c3cccc(C)c3C)cc2)[C@@H]2CN(S(=O)(=O)c3ccc(F)cc3C)CCCCN12. The van der Waals surface area contributed by atoms with Crippen LogP contribution in [-0.4, -0.2) is 63.1 Å². The van der Waals surface area contributed by atoms with Crippen molar-refractivity contribution in [3.05, 3.63) is 88.7 Å². The van der Waals surface area contributed by atoms with Crippen LogP contribution in [0.2, 0.25) is 0 Å². The van der Waals surface area contributed by atoms with Crippen LogP contribution >= 0.6 is 0 Å². The fraction of sp³-hybridized carbons (Fsp3) is 0.419. The van der Waals surface area contributed by atoms with Gasteiger partial charge in [-0.1, -0.05) is 42.5 Å². The summed E-state index contributed by atoms with van der Waals surface area (Å²) in [6.45, 7) is 8.35. The fourth-order valence-corrected chi connectivity index (χ4v) is 7.97. The van der Waals surface area contributed by atoms with Crippen molar-refractivity contribution in [1.29, 1.82) is 0 Å². The van der Waals surface area contributed by atoms with E-state index in [1.54, 1.807) is 18.3 Å². The van der Waals surface area contributed by atoms with Gasteiger partial charge in [-0.3, -0.25) is 4.90 Å². The number of halogens is 1. The highest BCUT2D eigenvalue weighted by Crippen LogP contribution is 2.43. The smallest absolute Gasteiger partial charge is 0.243 e. The molecule has 2 saturated heterocycles. The third-order valence-corrected chi connectivity index (χ3v) is 10.5. The summed E-state index contributed by atoms with van der Waals surface area (Å²) in [4.78, 5) is 2.61. The predicted octanol–water partition coefficient (Wildman–Crippen LogP) is 5.69. The van der Waals surface area contributed by atoms with Gasteiger partial charge in [-0.25, -0.2) is 12.8 Å². The Kier molecular flexibility index (Phi) is 7.74. The van der Waals surface area contributed by atoms with Gasteiger partial charge < -0.3 is 4.74 Å². The van der Waals surface area contributed by atoms with Crippen LogP contribution < -0.4 is 0 Å². The molecule has 0 bridgehead atoms. The average Bonchev–Trinajstić information content (AvgIpc) is 2.87. The topological polar surface area (TPSA) is 49.9 Å². The van der Waals surface area contributed by atoms with E-state index in [1.165, 1.54) is 46.0 Å². The number of rotatable bonds is 6. The maximum Gasteiger partial charge on any atom is 0.243 e. The first kappa shape index (κ1) is 27.0. The number of ether oxygens (including phenoxy) is 1. The zero-order chi connectivity index (χ0) is 27.0. The van der Waals surface area contributed by atoms with E-state index in [4.69, 9.17) is 4.74 Å². The number of hydrogen-bond donors (Lipinski definition) is 0. The number of benzene rings is 3. The van der Waals surface area contributed by atoms with Crippen LogP contribution in [0.1, 0.15) is 41.0 Å². The molecule has 3 aromatic rings. The largest absolute Gasteiger partial charge is 0.383 e. The molecule has 2 heterocycles. The third-order valence-electron chi connectivity index (χ3n) is 8.45. The minimum Gasteiger partial charge on any atom is -0.383 e. The molecule has 0 saturated carbocycles. The van der Waals surface area contributed by atoms with Crippen molar-refractivity contribution in [3.63, 3.8) is 0 Å². The molecule has 3 aromatic carbocycles. The molecular weight excluding hydrogens is 499 g/mol. The van der Waals surface area contributed by atoms with E-state index < -0.39 is 15.8 Å². The number of nitrogens with zero attached hydrogens (tertiary/aromatic N) is 2. The molecule has 2 fully saturated rings. The van der Waals surface area contributed by atoms with Crippen LogP contribution in [0.25, 0.3) is 11.1 Å². The number of sulfonamides is 1. The summed E-state index contributed by atoms with van der Waals surface area (Å²) >= 11 is 0. The highest BCUT2D eigenvalue weighted by atomic mass is 32.2. The molecule has 0 aromatic heterocycles. The van der Waals surface area contributed by atoms with Gasteiger partial charge in [-0.05, 0) is 91.7 Å². The minimum atomic E-state index is -3.75. The number of fused-ring (bicyclic) bond motifs is 1. The molecular formula is C31H37FN2O3S. The van der Waals surface area contributed by atoms with Gasteiger partial charge in [-0.2, -0.15) is 4.31 Å². The first-order chi connectivity index (χ1) is 18.2. The Balaban J connectivity index is 1.46. The second-order valence-corrected chi connectivity index (χ2v) is 12.6. The van der Waals surface area contributed by atoms with Crippen molar-refractivity contribution in [2.75, 3.05) is 33.4 Å². The summed E-state index contributed by atoms with van der Waals surface area (Å²) < 4.78 is 48.4. The van der Waals surface area contributed by atoms with E-state index >= 15 is 0 Å². The second kappa shape index (κ2) is 10.9. The Hall–Kier alpha value is -2.58. The molecule has 2 aliphatic heterocycles. The average molecular weight is 537 g/mol. The summed E-state index contributed by atoms with van der Waals surface area (Å²) in [6.07, 6.45) is 1.71. The first-order valence-corrected chi connectivity index (χ1v) is 14.8. The Morgan fingerprint density at radius 1 is 0.947 bits per heavy atom. The van der Waals surface area contributed by atoms with E-state index in [0.29, 0.717) is 25.3 Å². The highest BCUT2D eigenvalue weighted by molar-refractivity contribution is 7.89. The molecule has 0 radical (unpaired) electrons. The maximum absolute atomic E-state index is 13.7. The van der Waals surface area contributed by atoms with Gasteiger partial charge in [0.1, 0.15) is 5.82 Å². The highest BCUT2D eigenvalue weighted by Gasteiger charge is 2.50.